The summed E-state index contributed by atoms with van der Waals surface area (Å²) in [5.74, 6) is 1.70. The molecule has 0 aliphatic rings. The molecule has 2 aromatic carbocycles. The number of halogens is 2. The van der Waals surface area contributed by atoms with Crippen molar-refractivity contribution in [2.45, 2.75) is 51.9 Å². The molecule has 6 heteroatoms. The molecule has 2 N–H and O–H groups in total. The molecule has 0 bridgehead atoms. The molecule has 0 amide bonds. The predicted octanol–water partition coefficient (Wildman–Crippen LogP) is 5.63. The predicted molar refractivity (Wildman–Crippen MR) is 141 cm³/mol. The standard InChI is InChI=1S/C26H40N2O2.2ClH/c1-4-24-23(14-15-25(29-2)26(24)30-3)17-21-28-19-11-6-5-10-18-27-20-16-22-12-8-7-9-13-22;;/h7-9,12-15,27-28H,4-6,10-11,16-21H2,1-3H3;2*1H. The van der Waals surface area contributed by atoms with E-state index in [0.717, 1.165) is 56.9 Å². The van der Waals surface area contributed by atoms with E-state index in [2.05, 4.69) is 54.0 Å². The Bertz CT molecular complexity index is 714. The third-order valence-electron chi connectivity index (χ3n) is 5.56. The van der Waals surface area contributed by atoms with Crippen LogP contribution in [0.15, 0.2) is 42.5 Å². The molecule has 0 spiro atoms. The lowest BCUT2D eigenvalue weighted by atomic mass is 10.0. The first-order chi connectivity index (χ1) is 14.8. The van der Waals surface area contributed by atoms with Crippen molar-refractivity contribution >= 4 is 24.8 Å². The highest BCUT2D eigenvalue weighted by Gasteiger charge is 2.12. The van der Waals surface area contributed by atoms with Crippen LogP contribution in [0, 0.1) is 0 Å². The van der Waals surface area contributed by atoms with Crippen molar-refractivity contribution in [1.82, 2.24) is 10.6 Å². The number of hydrogen-bond acceptors (Lipinski definition) is 4. The molecule has 2 aromatic rings. The highest BCUT2D eigenvalue weighted by molar-refractivity contribution is 5.85. The topological polar surface area (TPSA) is 42.5 Å². The molecule has 0 atom stereocenters. The maximum Gasteiger partial charge on any atom is 0.164 e. The van der Waals surface area contributed by atoms with Gasteiger partial charge in [0.2, 0.25) is 0 Å². The van der Waals surface area contributed by atoms with Gasteiger partial charge in [0.25, 0.3) is 0 Å². The second-order valence-electron chi connectivity index (χ2n) is 7.69. The lowest BCUT2D eigenvalue weighted by molar-refractivity contribution is 0.351. The van der Waals surface area contributed by atoms with Crippen molar-refractivity contribution < 1.29 is 9.47 Å². The van der Waals surface area contributed by atoms with Crippen molar-refractivity contribution in [1.29, 1.82) is 0 Å². The first kappa shape index (κ1) is 30.5. The molecule has 0 aromatic heterocycles. The summed E-state index contributed by atoms with van der Waals surface area (Å²) < 4.78 is 11.0. The van der Waals surface area contributed by atoms with Gasteiger partial charge >= 0.3 is 0 Å². The number of hydrogen-bond donors (Lipinski definition) is 2. The lowest BCUT2D eigenvalue weighted by Gasteiger charge is -2.16. The number of methoxy groups -OCH3 is 2. The summed E-state index contributed by atoms with van der Waals surface area (Å²) in [6, 6.07) is 14.9. The van der Waals surface area contributed by atoms with Crippen LogP contribution in [0.25, 0.3) is 0 Å². The van der Waals surface area contributed by atoms with Gasteiger partial charge in [0, 0.05) is 5.56 Å². The molecule has 0 aliphatic heterocycles. The van der Waals surface area contributed by atoms with E-state index in [1.807, 2.05) is 6.07 Å². The molecule has 4 nitrogen and oxygen atoms in total. The molecule has 0 fully saturated rings. The van der Waals surface area contributed by atoms with Gasteiger partial charge in [0.1, 0.15) is 0 Å². The van der Waals surface area contributed by atoms with Gasteiger partial charge in [-0.3, -0.25) is 0 Å². The van der Waals surface area contributed by atoms with Crippen molar-refractivity contribution in [2.24, 2.45) is 0 Å². The molecule has 2 rings (SSSR count). The Balaban J connectivity index is 0.00000480. The Morgan fingerprint density at radius 3 is 1.88 bits per heavy atom. The zero-order valence-corrected chi connectivity index (χ0v) is 21.6. The number of rotatable bonds is 16. The van der Waals surface area contributed by atoms with E-state index in [4.69, 9.17) is 9.47 Å². The quantitative estimate of drug-likeness (QED) is 0.302. The number of unbranched alkanes of at least 4 members (excludes halogenated alkanes) is 3. The summed E-state index contributed by atoms with van der Waals surface area (Å²) in [5.41, 5.74) is 4.03. The fourth-order valence-corrected chi connectivity index (χ4v) is 3.86. The van der Waals surface area contributed by atoms with Gasteiger partial charge in [-0.05, 0) is 75.5 Å². The third-order valence-corrected chi connectivity index (χ3v) is 5.56. The van der Waals surface area contributed by atoms with Crippen LogP contribution in [-0.4, -0.2) is 40.4 Å². The SMILES string of the molecule is CCc1c(CCNCCCCCCNCCc2ccccc2)ccc(OC)c1OC.Cl.Cl. The molecule has 182 valence electrons. The maximum absolute atomic E-state index is 5.58. The summed E-state index contributed by atoms with van der Waals surface area (Å²) in [5, 5.41) is 7.15. The Kier molecular flexibility index (Phi) is 18.2. The molecule has 0 saturated heterocycles. The van der Waals surface area contributed by atoms with Crippen LogP contribution in [0.2, 0.25) is 0 Å². The van der Waals surface area contributed by atoms with Crippen molar-refractivity contribution in [3.63, 3.8) is 0 Å². The van der Waals surface area contributed by atoms with Gasteiger partial charge in [-0.15, -0.1) is 24.8 Å². The maximum atomic E-state index is 5.58. The number of ether oxygens (including phenoxy) is 2. The minimum atomic E-state index is 0. The fraction of sp³-hybridized carbons (Fsp3) is 0.538. The monoisotopic (exact) mass is 484 g/mol. The average Bonchev–Trinajstić information content (AvgIpc) is 2.79. The summed E-state index contributed by atoms with van der Waals surface area (Å²) >= 11 is 0. The summed E-state index contributed by atoms with van der Waals surface area (Å²) in [6.45, 7) is 6.46. The fourth-order valence-electron chi connectivity index (χ4n) is 3.86. The molecular formula is C26H42Cl2N2O2. The van der Waals surface area contributed by atoms with Gasteiger partial charge in [0.05, 0.1) is 14.2 Å². The highest BCUT2D eigenvalue weighted by atomic mass is 35.5. The Hall–Kier alpha value is -1.46. The largest absolute Gasteiger partial charge is 0.493 e. The summed E-state index contributed by atoms with van der Waals surface area (Å²) in [6.07, 6.45) is 8.20. The van der Waals surface area contributed by atoms with Crippen molar-refractivity contribution in [3.8, 4) is 11.5 Å². The van der Waals surface area contributed by atoms with Crippen LogP contribution in [0.5, 0.6) is 11.5 Å². The normalized spacial score (nSPS) is 10.2. The van der Waals surface area contributed by atoms with E-state index in [9.17, 15) is 0 Å². The van der Waals surface area contributed by atoms with E-state index >= 15 is 0 Å². The molecule has 0 saturated carbocycles. The third kappa shape index (κ3) is 10.9. The molecule has 0 heterocycles. The van der Waals surface area contributed by atoms with Crippen LogP contribution in [-0.2, 0) is 19.3 Å². The minimum Gasteiger partial charge on any atom is -0.493 e. The number of benzene rings is 2. The van der Waals surface area contributed by atoms with E-state index in [1.165, 1.54) is 42.4 Å². The molecule has 32 heavy (non-hydrogen) atoms. The lowest BCUT2D eigenvalue weighted by Crippen LogP contribution is -2.20. The van der Waals surface area contributed by atoms with Gasteiger partial charge < -0.3 is 20.1 Å². The second-order valence-corrected chi connectivity index (χ2v) is 7.69. The van der Waals surface area contributed by atoms with Crippen LogP contribution in [0.3, 0.4) is 0 Å². The van der Waals surface area contributed by atoms with Crippen LogP contribution in [0.4, 0.5) is 0 Å². The zero-order chi connectivity index (χ0) is 21.4. The summed E-state index contributed by atoms with van der Waals surface area (Å²) in [4.78, 5) is 0. The average molecular weight is 486 g/mol. The van der Waals surface area contributed by atoms with E-state index in [1.54, 1.807) is 14.2 Å². The number of nitrogens with one attached hydrogen (secondary N) is 2. The molecule has 0 aliphatic carbocycles. The van der Waals surface area contributed by atoms with E-state index in [0.29, 0.717) is 0 Å². The van der Waals surface area contributed by atoms with Crippen LogP contribution in [0.1, 0.15) is 49.3 Å². The Morgan fingerprint density at radius 2 is 1.31 bits per heavy atom. The van der Waals surface area contributed by atoms with Crippen LogP contribution < -0.4 is 20.1 Å². The Morgan fingerprint density at radius 1 is 0.688 bits per heavy atom. The Labute approximate surface area is 207 Å². The first-order valence-electron chi connectivity index (χ1n) is 11.5. The van der Waals surface area contributed by atoms with Gasteiger partial charge in [-0.2, -0.15) is 0 Å². The first-order valence-corrected chi connectivity index (χ1v) is 11.5. The van der Waals surface area contributed by atoms with Crippen LogP contribution >= 0.6 is 24.8 Å². The molecule has 0 radical (unpaired) electrons. The molecular weight excluding hydrogens is 443 g/mol. The second kappa shape index (κ2) is 19.0. The van der Waals surface area contributed by atoms with E-state index in [-0.39, 0.29) is 24.8 Å². The summed E-state index contributed by atoms with van der Waals surface area (Å²) in [7, 11) is 3.41. The highest BCUT2D eigenvalue weighted by Crippen LogP contribution is 2.33. The van der Waals surface area contributed by atoms with Crippen molar-refractivity contribution in [2.75, 3.05) is 40.4 Å². The van der Waals surface area contributed by atoms with Gasteiger partial charge in [0.15, 0.2) is 11.5 Å². The van der Waals surface area contributed by atoms with E-state index < -0.39 is 0 Å². The minimum absolute atomic E-state index is 0. The molecule has 0 unspecified atom stereocenters. The van der Waals surface area contributed by atoms with Crippen molar-refractivity contribution in [3.05, 3.63) is 59.2 Å². The van der Waals surface area contributed by atoms with Gasteiger partial charge in [-0.25, -0.2) is 0 Å². The zero-order valence-electron chi connectivity index (χ0n) is 20.0. The van der Waals surface area contributed by atoms with Gasteiger partial charge in [-0.1, -0.05) is 56.2 Å². The smallest absolute Gasteiger partial charge is 0.164 e.